The average molecular weight is 443 g/mol. The van der Waals surface area contributed by atoms with Crippen molar-refractivity contribution in [1.29, 1.82) is 0 Å². The molecule has 0 saturated carbocycles. The molecule has 0 saturated heterocycles. The Bertz CT molecular complexity index is 1090. The minimum Gasteiger partial charge on any atom is -0.485 e. The number of benzene rings is 1. The van der Waals surface area contributed by atoms with Crippen LogP contribution < -0.4 is 15.0 Å². The van der Waals surface area contributed by atoms with Crippen LogP contribution in [0.5, 0.6) is 11.5 Å². The molecule has 2 aromatic rings. The number of rotatable bonds is 12. The van der Waals surface area contributed by atoms with E-state index >= 15 is 0 Å². The second kappa shape index (κ2) is 11.8. The van der Waals surface area contributed by atoms with E-state index in [1.807, 2.05) is 19.9 Å². The molecule has 0 radical (unpaired) electrons. The van der Waals surface area contributed by atoms with Crippen molar-refractivity contribution in [1.82, 2.24) is 4.57 Å². The van der Waals surface area contributed by atoms with Crippen molar-refractivity contribution in [3.05, 3.63) is 62.0 Å². The lowest BCUT2D eigenvalue weighted by atomic mass is 10.1. The van der Waals surface area contributed by atoms with E-state index in [-0.39, 0.29) is 30.3 Å². The SMILES string of the molecule is CCCCn1c(=O)c(OC=O)c(OC/C=C(\C)CCC=C(C)C)c2ccc([N+](=O)[O-])cc21. The monoisotopic (exact) mass is 442 g/mol. The van der Waals surface area contributed by atoms with Gasteiger partial charge in [0.15, 0.2) is 5.75 Å². The van der Waals surface area contributed by atoms with Gasteiger partial charge in [-0.1, -0.05) is 30.6 Å². The van der Waals surface area contributed by atoms with Gasteiger partial charge in [-0.3, -0.25) is 19.7 Å². The molecule has 0 spiro atoms. The number of hydrogen-bond acceptors (Lipinski definition) is 6. The van der Waals surface area contributed by atoms with E-state index in [1.54, 1.807) is 0 Å². The lowest BCUT2D eigenvalue weighted by Crippen LogP contribution is -2.23. The number of hydrogen-bond donors (Lipinski definition) is 0. The zero-order chi connectivity index (χ0) is 23.7. The molecule has 0 atom stereocenters. The van der Waals surface area contributed by atoms with Gasteiger partial charge >= 0.3 is 0 Å². The maximum absolute atomic E-state index is 13.1. The van der Waals surface area contributed by atoms with Crippen molar-refractivity contribution in [3.8, 4) is 11.5 Å². The molecule has 8 heteroatoms. The van der Waals surface area contributed by atoms with E-state index < -0.39 is 10.5 Å². The Kier molecular flexibility index (Phi) is 9.19. The quantitative estimate of drug-likeness (QED) is 0.191. The summed E-state index contributed by atoms with van der Waals surface area (Å²) in [5.74, 6) is -0.110. The van der Waals surface area contributed by atoms with E-state index in [9.17, 15) is 19.7 Å². The molecule has 0 unspecified atom stereocenters. The van der Waals surface area contributed by atoms with Crippen molar-refractivity contribution in [2.45, 2.75) is 59.9 Å². The van der Waals surface area contributed by atoms with E-state index in [0.717, 1.165) is 24.8 Å². The Morgan fingerprint density at radius 2 is 1.94 bits per heavy atom. The fraction of sp³-hybridized carbons (Fsp3) is 0.417. The summed E-state index contributed by atoms with van der Waals surface area (Å²) in [4.78, 5) is 35.0. The van der Waals surface area contributed by atoms with Gasteiger partial charge in [0.2, 0.25) is 5.75 Å². The fourth-order valence-electron chi connectivity index (χ4n) is 3.29. The van der Waals surface area contributed by atoms with Gasteiger partial charge in [-0.25, -0.2) is 0 Å². The zero-order valence-corrected chi connectivity index (χ0v) is 19.1. The lowest BCUT2D eigenvalue weighted by molar-refractivity contribution is -0.384. The van der Waals surface area contributed by atoms with Gasteiger partial charge in [-0.2, -0.15) is 0 Å². The van der Waals surface area contributed by atoms with Gasteiger partial charge < -0.3 is 14.0 Å². The third-order valence-electron chi connectivity index (χ3n) is 5.03. The largest absolute Gasteiger partial charge is 0.485 e. The number of unbranched alkanes of at least 4 members (excludes halogenated alkanes) is 1. The third-order valence-corrected chi connectivity index (χ3v) is 5.03. The highest BCUT2D eigenvalue weighted by atomic mass is 16.6. The van der Waals surface area contributed by atoms with Crippen molar-refractivity contribution in [3.63, 3.8) is 0 Å². The molecule has 0 aliphatic heterocycles. The van der Waals surface area contributed by atoms with Gasteiger partial charge in [0.25, 0.3) is 17.7 Å². The lowest BCUT2D eigenvalue weighted by Gasteiger charge is -2.16. The maximum atomic E-state index is 13.1. The molecule has 0 fully saturated rings. The number of nitrogens with zero attached hydrogens (tertiary/aromatic N) is 2. The number of aryl methyl sites for hydroxylation is 1. The molecule has 0 amide bonds. The first-order valence-electron chi connectivity index (χ1n) is 10.7. The number of allylic oxidation sites excluding steroid dienone is 3. The van der Waals surface area contributed by atoms with Gasteiger partial charge in [0, 0.05) is 24.1 Å². The third kappa shape index (κ3) is 6.29. The predicted molar refractivity (Wildman–Crippen MR) is 124 cm³/mol. The van der Waals surface area contributed by atoms with Crippen molar-refractivity contribution in [2.75, 3.05) is 6.61 Å². The van der Waals surface area contributed by atoms with Crippen molar-refractivity contribution in [2.24, 2.45) is 0 Å². The van der Waals surface area contributed by atoms with Crippen LogP contribution in [0.2, 0.25) is 0 Å². The number of nitro groups is 1. The molecule has 8 nitrogen and oxygen atoms in total. The number of ether oxygens (including phenoxy) is 2. The van der Waals surface area contributed by atoms with Crippen LogP contribution in [-0.2, 0) is 11.3 Å². The molecule has 0 bridgehead atoms. The summed E-state index contributed by atoms with van der Waals surface area (Å²) in [5.41, 5.74) is 2.06. The maximum Gasteiger partial charge on any atom is 0.298 e. The first-order valence-corrected chi connectivity index (χ1v) is 10.7. The van der Waals surface area contributed by atoms with Gasteiger partial charge in [-0.15, -0.1) is 0 Å². The molecule has 0 N–H and O–H groups in total. The minimum atomic E-state index is -0.558. The van der Waals surface area contributed by atoms with Crippen LogP contribution in [0.25, 0.3) is 10.9 Å². The highest BCUT2D eigenvalue weighted by Crippen LogP contribution is 2.34. The van der Waals surface area contributed by atoms with Gasteiger partial charge in [-0.05, 0) is 52.2 Å². The van der Waals surface area contributed by atoms with Gasteiger partial charge in [0.1, 0.15) is 6.61 Å². The molecular formula is C24H30N2O6. The van der Waals surface area contributed by atoms with Crippen LogP contribution in [0, 0.1) is 10.1 Å². The van der Waals surface area contributed by atoms with E-state index in [0.29, 0.717) is 23.9 Å². The normalized spacial score (nSPS) is 11.3. The molecule has 1 aromatic carbocycles. The summed E-state index contributed by atoms with van der Waals surface area (Å²) in [5, 5.41) is 11.8. The van der Waals surface area contributed by atoms with E-state index in [1.165, 1.54) is 28.3 Å². The molecular weight excluding hydrogens is 412 g/mol. The highest BCUT2D eigenvalue weighted by Gasteiger charge is 2.21. The first-order chi connectivity index (χ1) is 15.3. The Labute approximate surface area is 187 Å². The Balaban J connectivity index is 2.51. The number of nitro benzene ring substituents is 1. The van der Waals surface area contributed by atoms with Crippen LogP contribution in [0.1, 0.15) is 53.4 Å². The molecule has 0 aliphatic rings. The average Bonchev–Trinajstić information content (AvgIpc) is 2.74. The highest BCUT2D eigenvalue weighted by molar-refractivity contribution is 5.90. The Morgan fingerprint density at radius 3 is 2.56 bits per heavy atom. The summed E-state index contributed by atoms with van der Waals surface area (Å²) < 4.78 is 12.3. The van der Waals surface area contributed by atoms with Crippen LogP contribution >= 0.6 is 0 Å². The number of fused-ring (bicyclic) bond motifs is 1. The molecule has 172 valence electrons. The van der Waals surface area contributed by atoms with Crippen molar-refractivity contribution >= 4 is 23.1 Å². The smallest absolute Gasteiger partial charge is 0.298 e. The minimum absolute atomic E-state index is 0.105. The molecule has 2 rings (SSSR count). The number of aromatic nitrogens is 1. The van der Waals surface area contributed by atoms with E-state index in [4.69, 9.17) is 9.47 Å². The standard InChI is InChI=1S/C24H30N2O6/c1-5-6-13-25-21-15-19(26(29)30)10-11-20(21)22(23(24(25)28)32-16-27)31-14-12-18(4)9-7-8-17(2)3/h8,10-12,15-16H,5-7,9,13-14H2,1-4H3/b18-12+. The second-order valence-electron chi connectivity index (χ2n) is 7.82. The molecule has 0 aliphatic carbocycles. The number of carbonyl (C=O) groups excluding carboxylic acids is 1. The van der Waals surface area contributed by atoms with Crippen LogP contribution in [0.3, 0.4) is 0 Å². The summed E-state index contributed by atoms with van der Waals surface area (Å²) in [7, 11) is 0. The fourth-order valence-corrected chi connectivity index (χ4v) is 3.29. The Hall–Kier alpha value is -3.42. The van der Waals surface area contributed by atoms with Crippen molar-refractivity contribution < 1.29 is 19.2 Å². The second-order valence-corrected chi connectivity index (χ2v) is 7.82. The Morgan fingerprint density at radius 1 is 1.19 bits per heavy atom. The van der Waals surface area contributed by atoms with Crippen LogP contribution in [-0.4, -0.2) is 22.6 Å². The zero-order valence-electron chi connectivity index (χ0n) is 19.1. The number of carbonyl (C=O) groups is 1. The van der Waals surface area contributed by atoms with Crippen LogP contribution in [0.4, 0.5) is 5.69 Å². The topological polar surface area (TPSA) is 101 Å². The predicted octanol–water partition coefficient (Wildman–Crippen LogP) is 5.32. The summed E-state index contributed by atoms with van der Waals surface area (Å²) in [6, 6.07) is 4.22. The van der Waals surface area contributed by atoms with Crippen LogP contribution in [0.15, 0.2) is 46.3 Å². The van der Waals surface area contributed by atoms with Gasteiger partial charge in [0.05, 0.1) is 10.4 Å². The number of non-ortho nitro benzene ring substituents is 1. The summed E-state index contributed by atoms with van der Waals surface area (Å²) in [6.07, 6.45) is 7.36. The molecule has 1 heterocycles. The number of pyridine rings is 1. The summed E-state index contributed by atoms with van der Waals surface area (Å²) in [6.45, 7) is 8.76. The first kappa shape index (κ1) is 24.8. The van der Waals surface area contributed by atoms with E-state index in [2.05, 4.69) is 19.9 Å². The molecule has 32 heavy (non-hydrogen) atoms. The molecule has 1 aromatic heterocycles. The summed E-state index contributed by atoms with van der Waals surface area (Å²) >= 11 is 0.